The third-order valence-corrected chi connectivity index (χ3v) is 1.93. The number of hydrogen-bond acceptors (Lipinski definition) is 2. The summed E-state index contributed by atoms with van der Waals surface area (Å²) in [5.41, 5.74) is 8.46. The van der Waals surface area contributed by atoms with Gasteiger partial charge in [0.05, 0.1) is 0 Å². The zero-order valence-electron chi connectivity index (χ0n) is 10.6. The lowest BCUT2D eigenvalue weighted by Gasteiger charge is -2.02. The van der Waals surface area contributed by atoms with E-state index in [0.717, 1.165) is 11.1 Å². The van der Waals surface area contributed by atoms with Crippen LogP contribution >= 0.6 is 0 Å². The topological polar surface area (TPSA) is 49.9 Å². The van der Waals surface area contributed by atoms with Crippen LogP contribution in [0.1, 0.15) is 27.7 Å². The van der Waals surface area contributed by atoms with Gasteiger partial charge in [-0.25, -0.2) is 0 Å². The second kappa shape index (κ2) is 7.69. The molecule has 0 unspecified atom stereocenters. The molecular formula is C14H22N2. The molecule has 0 aromatic heterocycles. The zero-order valence-corrected chi connectivity index (χ0v) is 10.6. The first kappa shape index (κ1) is 14.4. The Labute approximate surface area is 98.8 Å². The number of nitrogens with two attached hydrogens (primary N) is 1. The molecule has 2 heteroatoms. The van der Waals surface area contributed by atoms with E-state index in [4.69, 9.17) is 11.1 Å². The van der Waals surface area contributed by atoms with E-state index in [2.05, 4.69) is 19.9 Å². The molecule has 0 aromatic rings. The lowest BCUT2D eigenvalue weighted by molar-refractivity contribution is 0.831. The molecule has 0 fully saturated rings. The minimum Gasteiger partial charge on any atom is -0.404 e. The molecule has 0 aromatic carbocycles. The van der Waals surface area contributed by atoms with Gasteiger partial charge in [-0.05, 0) is 25.3 Å². The molecule has 0 heterocycles. The fraction of sp³-hybridized carbons (Fsp3) is 0.357. The average Bonchev–Trinajstić information content (AvgIpc) is 2.22. The van der Waals surface area contributed by atoms with Crippen LogP contribution < -0.4 is 5.73 Å². The summed E-state index contributed by atoms with van der Waals surface area (Å²) in [5, 5.41) is 7.37. The first-order valence-corrected chi connectivity index (χ1v) is 5.47. The van der Waals surface area contributed by atoms with Crippen LogP contribution in [0.3, 0.4) is 0 Å². The molecule has 0 aliphatic heterocycles. The van der Waals surface area contributed by atoms with Gasteiger partial charge in [-0.2, -0.15) is 0 Å². The molecule has 2 nitrogen and oxygen atoms in total. The van der Waals surface area contributed by atoms with Crippen molar-refractivity contribution in [2.24, 2.45) is 11.7 Å². The van der Waals surface area contributed by atoms with Gasteiger partial charge in [0.15, 0.2) is 0 Å². The third kappa shape index (κ3) is 6.02. The van der Waals surface area contributed by atoms with Crippen LogP contribution in [0.5, 0.6) is 0 Å². The Bertz CT molecular complexity index is 338. The molecule has 0 amide bonds. The Balaban J connectivity index is 5.00. The monoisotopic (exact) mass is 218 g/mol. The number of hydrogen-bond donors (Lipinski definition) is 2. The van der Waals surface area contributed by atoms with E-state index in [1.807, 2.05) is 32.1 Å². The van der Waals surface area contributed by atoms with Crippen molar-refractivity contribution in [2.45, 2.75) is 27.7 Å². The maximum atomic E-state index is 7.37. The third-order valence-electron chi connectivity index (χ3n) is 1.93. The predicted molar refractivity (Wildman–Crippen MR) is 72.5 cm³/mol. The molecule has 0 spiro atoms. The SMILES string of the molecule is CC(C)=C\C=C(C=N)/C(/C=C\C(C)C)=C\N. The van der Waals surface area contributed by atoms with E-state index in [9.17, 15) is 0 Å². The van der Waals surface area contributed by atoms with Crippen molar-refractivity contribution in [3.8, 4) is 0 Å². The van der Waals surface area contributed by atoms with Crippen molar-refractivity contribution >= 4 is 6.21 Å². The normalized spacial score (nSPS) is 13.3. The van der Waals surface area contributed by atoms with E-state index in [1.54, 1.807) is 0 Å². The van der Waals surface area contributed by atoms with Gasteiger partial charge in [0.25, 0.3) is 0 Å². The summed E-state index contributed by atoms with van der Waals surface area (Å²) in [6.07, 6.45) is 10.8. The highest BCUT2D eigenvalue weighted by molar-refractivity contribution is 5.84. The predicted octanol–water partition coefficient (Wildman–Crippen LogP) is 3.58. The van der Waals surface area contributed by atoms with Gasteiger partial charge < -0.3 is 11.1 Å². The fourth-order valence-corrected chi connectivity index (χ4v) is 1.03. The van der Waals surface area contributed by atoms with E-state index in [0.29, 0.717) is 5.92 Å². The molecule has 0 radical (unpaired) electrons. The number of nitrogens with one attached hydrogen (secondary N) is 1. The summed E-state index contributed by atoms with van der Waals surface area (Å²) in [6, 6.07) is 0. The quantitative estimate of drug-likeness (QED) is 0.538. The van der Waals surface area contributed by atoms with Crippen LogP contribution in [0.25, 0.3) is 0 Å². The van der Waals surface area contributed by atoms with Crippen LogP contribution in [0.2, 0.25) is 0 Å². The van der Waals surface area contributed by atoms with Crippen molar-refractivity contribution in [1.82, 2.24) is 0 Å². The van der Waals surface area contributed by atoms with Crippen LogP contribution in [0.15, 0.2) is 47.2 Å². The Hall–Kier alpha value is -1.57. The minimum absolute atomic E-state index is 0.477. The molecule has 0 bridgehead atoms. The highest BCUT2D eigenvalue weighted by Gasteiger charge is 1.97. The summed E-state index contributed by atoms with van der Waals surface area (Å²) < 4.78 is 0. The van der Waals surface area contributed by atoms with Gasteiger partial charge in [-0.15, -0.1) is 0 Å². The van der Waals surface area contributed by atoms with Gasteiger partial charge in [0, 0.05) is 18.0 Å². The van der Waals surface area contributed by atoms with E-state index >= 15 is 0 Å². The smallest absolute Gasteiger partial charge is 0.0256 e. The van der Waals surface area contributed by atoms with Crippen LogP contribution in [-0.4, -0.2) is 6.21 Å². The molecule has 0 saturated heterocycles. The molecule has 0 saturated carbocycles. The zero-order chi connectivity index (χ0) is 12.6. The summed E-state index contributed by atoms with van der Waals surface area (Å²) >= 11 is 0. The van der Waals surface area contributed by atoms with E-state index in [-0.39, 0.29) is 0 Å². The average molecular weight is 218 g/mol. The minimum atomic E-state index is 0.477. The molecule has 0 aliphatic carbocycles. The lowest BCUT2D eigenvalue weighted by Crippen LogP contribution is -1.93. The summed E-state index contributed by atoms with van der Waals surface area (Å²) in [6.45, 7) is 8.25. The largest absolute Gasteiger partial charge is 0.404 e. The van der Waals surface area contributed by atoms with Gasteiger partial charge in [0.2, 0.25) is 0 Å². The molecular weight excluding hydrogens is 196 g/mol. The van der Waals surface area contributed by atoms with Gasteiger partial charge in [0.1, 0.15) is 0 Å². The summed E-state index contributed by atoms with van der Waals surface area (Å²) in [5.74, 6) is 0.477. The van der Waals surface area contributed by atoms with Gasteiger partial charge in [-0.3, -0.25) is 0 Å². The second-order valence-corrected chi connectivity index (χ2v) is 4.24. The first-order chi connectivity index (χ1) is 7.51. The first-order valence-electron chi connectivity index (χ1n) is 5.47. The second-order valence-electron chi connectivity index (χ2n) is 4.24. The van der Waals surface area contributed by atoms with Crippen molar-refractivity contribution < 1.29 is 0 Å². The summed E-state index contributed by atoms with van der Waals surface area (Å²) in [4.78, 5) is 0. The highest BCUT2D eigenvalue weighted by atomic mass is 14.5. The van der Waals surface area contributed by atoms with E-state index < -0.39 is 0 Å². The summed E-state index contributed by atoms with van der Waals surface area (Å²) in [7, 11) is 0. The van der Waals surface area contributed by atoms with Crippen molar-refractivity contribution in [3.63, 3.8) is 0 Å². The lowest BCUT2D eigenvalue weighted by atomic mass is 10.0. The maximum Gasteiger partial charge on any atom is 0.0256 e. The number of allylic oxidation sites excluding steroid dienone is 7. The fourth-order valence-electron chi connectivity index (χ4n) is 1.03. The van der Waals surface area contributed by atoms with Crippen LogP contribution in [0.4, 0.5) is 0 Å². The van der Waals surface area contributed by atoms with Crippen molar-refractivity contribution in [3.05, 3.63) is 47.2 Å². The van der Waals surface area contributed by atoms with Gasteiger partial charge >= 0.3 is 0 Å². The maximum absolute atomic E-state index is 7.37. The van der Waals surface area contributed by atoms with E-state index in [1.165, 1.54) is 18.0 Å². The Morgan fingerprint density at radius 2 is 1.75 bits per heavy atom. The molecule has 16 heavy (non-hydrogen) atoms. The highest BCUT2D eigenvalue weighted by Crippen LogP contribution is 2.10. The Morgan fingerprint density at radius 3 is 2.12 bits per heavy atom. The van der Waals surface area contributed by atoms with Crippen LogP contribution in [-0.2, 0) is 0 Å². The molecule has 0 aliphatic rings. The molecule has 0 rings (SSSR count). The molecule has 0 atom stereocenters. The van der Waals surface area contributed by atoms with Crippen molar-refractivity contribution in [2.75, 3.05) is 0 Å². The standard InChI is InChI=1S/C14H22N2/c1-11(2)5-7-13(9-15)14(10-16)8-6-12(3)4/h5-11,16H,15H2,1-4H3/b7-5-,13-9-,14-8-,16-10?. The van der Waals surface area contributed by atoms with Gasteiger partial charge in [-0.1, -0.05) is 43.7 Å². The number of rotatable bonds is 5. The molecule has 88 valence electrons. The Morgan fingerprint density at radius 1 is 1.12 bits per heavy atom. The Kier molecular flexibility index (Phi) is 6.93. The van der Waals surface area contributed by atoms with Crippen LogP contribution in [0, 0.1) is 11.3 Å². The molecule has 3 N–H and O–H groups in total. The van der Waals surface area contributed by atoms with Crippen molar-refractivity contribution in [1.29, 1.82) is 5.41 Å².